The highest BCUT2D eigenvalue weighted by Gasteiger charge is 2.55. The number of fused-ring (bicyclic) bond motifs is 1. The van der Waals surface area contributed by atoms with Crippen molar-refractivity contribution < 1.29 is 14.7 Å². The Morgan fingerprint density at radius 2 is 1.91 bits per heavy atom. The number of carbonyl (C=O) groups excluding carboxylic acids is 1. The van der Waals surface area contributed by atoms with Gasteiger partial charge in [0.2, 0.25) is 0 Å². The summed E-state index contributed by atoms with van der Waals surface area (Å²) in [5, 5.41) is 18.5. The number of aliphatic carboxylic acids is 1. The van der Waals surface area contributed by atoms with Gasteiger partial charge in [-0.1, -0.05) is 12.1 Å². The van der Waals surface area contributed by atoms with E-state index in [0.717, 1.165) is 47.2 Å². The van der Waals surface area contributed by atoms with Crippen LogP contribution in [-0.2, 0) is 11.3 Å². The van der Waals surface area contributed by atoms with Gasteiger partial charge in [-0.25, -0.2) is 4.68 Å². The van der Waals surface area contributed by atoms with Crippen molar-refractivity contribution in [1.29, 1.82) is 0 Å². The van der Waals surface area contributed by atoms with Gasteiger partial charge in [0, 0.05) is 36.6 Å². The second kappa shape index (κ2) is 7.59. The number of nitrogens with one attached hydrogen (secondary N) is 1. The molecule has 2 aliphatic rings. The molecule has 2 fully saturated rings. The smallest absolute Gasteiger partial charge is 0.306 e. The molecule has 6 rings (SSSR count). The van der Waals surface area contributed by atoms with Gasteiger partial charge in [-0.2, -0.15) is 5.10 Å². The first-order valence-electron chi connectivity index (χ1n) is 11.2. The molecule has 1 amide bonds. The number of hydrogen-bond donors (Lipinski definition) is 2. The van der Waals surface area contributed by atoms with Crippen molar-refractivity contribution in [3.63, 3.8) is 0 Å². The van der Waals surface area contributed by atoms with Crippen molar-refractivity contribution >= 4 is 33.4 Å². The Balaban J connectivity index is 1.14. The van der Waals surface area contributed by atoms with Gasteiger partial charge in [0.05, 0.1) is 27.4 Å². The van der Waals surface area contributed by atoms with Crippen molar-refractivity contribution in [2.24, 2.45) is 11.3 Å². The highest BCUT2D eigenvalue weighted by Crippen LogP contribution is 2.58. The van der Waals surface area contributed by atoms with Crippen LogP contribution in [0.15, 0.2) is 60.4 Å². The van der Waals surface area contributed by atoms with Crippen molar-refractivity contribution in [3.05, 3.63) is 71.5 Å². The number of rotatable bonds is 6. The summed E-state index contributed by atoms with van der Waals surface area (Å²) in [6.45, 7) is 0.684. The summed E-state index contributed by atoms with van der Waals surface area (Å²) >= 11 is 1.59. The van der Waals surface area contributed by atoms with E-state index in [1.54, 1.807) is 17.5 Å². The van der Waals surface area contributed by atoms with Crippen LogP contribution in [0, 0.1) is 11.3 Å². The van der Waals surface area contributed by atoms with E-state index in [-0.39, 0.29) is 23.3 Å². The topological polar surface area (TPSA) is 89.2 Å². The van der Waals surface area contributed by atoms with E-state index >= 15 is 0 Å². The number of hydrogen-bond acceptors (Lipinski definition) is 4. The van der Waals surface area contributed by atoms with Gasteiger partial charge in [0.15, 0.2) is 0 Å². The van der Waals surface area contributed by atoms with Crippen LogP contribution in [0.5, 0.6) is 0 Å². The Bertz CT molecular complexity index is 1320. The fourth-order valence-corrected chi connectivity index (χ4v) is 6.46. The van der Waals surface area contributed by atoms with Crippen molar-refractivity contribution in [2.75, 3.05) is 0 Å². The lowest BCUT2D eigenvalue weighted by molar-refractivity contribution is -0.155. The highest BCUT2D eigenvalue weighted by molar-refractivity contribution is 7.17. The zero-order valence-electron chi connectivity index (χ0n) is 18.0. The Labute approximate surface area is 194 Å². The third-order valence-corrected chi connectivity index (χ3v) is 8.13. The van der Waals surface area contributed by atoms with Crippen LogP contribution in [0.25, 0.3) is 15.9 Å². The third kappa shape index (κ3) is 3.54. The summed E-state index contributed by atoms with van der Waals surface area (Å²) in [5.74, 6) is -0.926. The normalized spacial score (nSPS) is 23.9. The molecule has 1 aromatic carbocycles. The molecule has 7 nitrogen and oxygen atoms in total. The van der Waals surface area contributed by atoms with Crippen LogP contribution in [-0.4, -0.2) is 37.4 Å². The summed E-state index contributed by atoms with van der Waals surface area (Å²) in [4.78, 5) is 24.2. The number of carbonyl (C=O) groups is 2. The molecule has 0 atom stereocenters. The minimum Gasteiger partial charge on any atom is -0.481 e. The zero-order chi connectivity index (χ0) is 22.6. The lowest BCUT2D eigenvalue weighted by atomic mass is 9.50. The Kier molecular flexibility index (Phi) is 4.65. The first kappa shape index (κ1) is 20.2. The number of carboxylic acid groups (broad SMARTS) is 1. The molecule has 0 unspecified atom stereocenters. The van der Waals surface area contributed by atoms with Crippen LogP contribution in [0.4, 0.5) is 0 Å². The molecule has 33 heavy (non-hydrogen) atoms. The lowest BCUT2D eigenvalue weighted by Crippen LogP contribution is -2.57. The predicted octanol–water partition coefficient (Wildman–Crippen LogP) is 4.31. The highest BCUT2D eigenvalue weighted by atomic mass is 32.1. The number of carboxylic acids is 1. The van der Waals surface area contributed by atoms with Crippen LogP contribution in [0.1, 0.15) is 41.6 Å². The van der Waals surface area contributed by atoms with E-state index in [4.69, 9.17) is 5.11 Å². The molecule has 0 saturated heterocycles. The molecule has 0 radical (unpaired) electrons. The monoisotopic (exact) mass is 460 g/mol. The largest absolute Gasteiger partial charge is 0.481 e. The van der Waals surface area contributed by atoms with Crippen LogP contribution in [0.3, 0.4) is 0 Å². The van der Waals surface area contributed by atoms with Gasteiger partial charge < -0.3 is 15.0 Å². The number of benzene rings is 1. The van der Waals surface area contributed by atoms with E-state index < -0.39 is 5.97 Å². The van der Waals surface area contributed by atoms with E-state index in [0.29, 0.717) is 12.1 Å². The summed E-state index contributed by atoms with van der Waals surface area (Å²) in [6, 6.07) is 12.4. The van der Waals surface area contributed by atoms with Gasteiger partial charge >= 0.3 is 5.97 Å². The average Bonchev–Trinajstić information content (AvgIpc) is 3.48. The summed E-state index contributed by atoms with van der Waals surface area (Å²) in [5.41, 5.74) is 3.99. The molecule has 8 heteroatoms. The molecule has 1 spiro atoms. The standard InChI is InChI=1S/C25H24N4O3S/c30-23(27-18-12-25(13-18)10-17(11-25)24(31)32)20-15-33-21-6-9-28(22(20)21)14-16-2-4-19(5-3-16)29-8-1-7-26-29/h1-9,15,17-18H,10-14H2,(H,27,30)(H,31,32). The Morgan fingerprint density at radius 3 is 2.61 bits per heavy atom. The predicted molar refractivity (Wildman–Crippen MR) is 126 cm³/mol. The van der Waals surface area contributed by atoms with Gasteiger partial charge in [-0.15, -0.1) is 11.3 Å². The summed E-state index contributed by atoms with van der Waals surface area (Å²) in [6.07, 6.45) is 8.99. The second-order valence-corrected chi connectivity index (χ2v) is 10.4. The molecule has 0 aliphatic heterocycles. The van der Waals surface area contributed by atoms with Crippen molar-refractivity contribution in [3.8, 4) is 5.69 Å². The molecule has 3 aromatic heterocycles. The maximum absolute atomic E-state index is 13.1. The Morgan fingerprint density at radius 1 is 1.12 bits per heavy atom. The van der Waals surface area contributed by atoms with Gasteiger partial charge in [0.1, 0.15) is 0 Å². The lowest BCUT2D eigenvalue weighted by Gasteiger charge is -2.56. The third-order valence-electron chi connectivity index (χ3n) is 7.19. The molecular weight excluding hydrogens is 436 g/mol. The van der Waals surface area contributed by atoms with Gasteiger partial charge in [0.25, 0.3) is 5.91 Å². The number of thiophene rings is 1. The van der Waals surface area contributed by atoms with E-state index in [2.05, 4.69) is 33.2 Å². The fraction of sp³-hybridized carbons (Fsp3) is 0.320. The first-order valence-corrected chi connectivity index (χ1v) is 12.1. The average molecular weight is 461 g/mol. The first-order chi connectivity index (χ1) is 16.0. The zero-order valence-corrected chi connectivity index (χ0v) is 18.8. The molecule has 2 N–H and O–H groups in total. The molecule has 2 saturated carbocycles. The molecular formula is C25H24N4O3S. The Hall–Kier alpha value is -3.39. The fourth-order valence-electron chi connectivity index (χ4n) is 5.52. The maximum atomic E-state index is 13.1. The SMILES string of the molecule is O=C(NC1CC2(C1)CC(C(=O)O)C2)c1csc2ccn(Cc3ccc(-n4cccn4)cc3)c12. The van der Waals surface area contributed by atoms with E-state index in [9.17, 15) is 9.59 Å². The summed E-state index contributed by atoms with van der Waals surface area (Å²) < 4.78 is 5.06. The second-order valence-electron chi connectivity index (χ2n) is 9.44. The minimum atomic E-state index is -0.689. The molecule has 168 valence electrons. The minimum absolute atomic E-state index is 0.0378. The summed E-state index contributed by atoms with van der Waals surface area (Å²) in [7, 11) is 0. The molecule has 0 bridgehead atoms. The van der Waals surface area contributed by atoms with E-state index in [1.807, 2.05) is 40.7 Å². The van der Waals surface area contributed by atoms with Gasteiger partial charge in [-0.3, -0.25) is 9.59 Å². The molecule has 3 heterocycles. The number of amides is 1. The van der Waals surface area contributed by atoms with Crippen LogP contribution in [0.2, 0.25) is 0 Å². The van der Waals surface area contributed by atoms with Crippen LogP contribution >= 0.6 is 11.3 Å². The maximum Gasteiger partial charge on any atom is 0.306 e. The number of nitrogens with zero attached hydrogens (tertiary/aromatic N) is 3. The molecule has 2 aliphatic carbocycles. The van der Waals surface area contributed by atoms with Crippen molar-refractivity contribution in [2.45, 2.75) is 38.3 Å². The number of aromatic nitrogens is 3. The quantitative estimate of drug-likeness (QED) is 0.449. The van der Waals surface area contributed by atoms with Gasteiger partial charge in [-0.05, 0) is 60.9 Å². The van der Waals surface area contributed by atoms with E-state index in [1.165, 1.54) is 0 Å². The van der Waals surface area contributed by atoms with Crippen molar-refractivity contribution in [1.82, 2.24) is 19.7 Å². The van der Waals surface area contributed by atoms with Crippen LogP contribution < -0.4 is 5.32 Å². The molecule has 4 aromatic rings.